The molecule has 0 saturated heterocycles. The van der Waals surface area contributed by atoms with Crippen LogP contribution >= 0.6 is 11.3 Å². The van der Waals surface area contributed by atoms with Gasteiger partial charge in [0.15, 0.2) is 11.5 Å². The predicted molar refractivity (Wildman–Crippen MR) is 87.3 cm³/mol. The van der Waals surface area contributed by atoms with Gasteiger partial charge in [-0.15, -0.1) is 16.4 Å². The van der Waals surface area contributed by atoms with Crippen LogP contribution in [0.15, 0.2) is 28.0 Å². The van der Waals surface area contributed by atoms with Crippen LogP contribution in [0.5, 0.6) is 11.5 Å². The lowest BCUT2D eigenvalue weighted by molar-refractivity contribution is 0.174. The smallest absolute Gasteiger partial charge is 0.316 e. The molecule has 7 nitrogen and oxygen atoms in total. The molecule has 0 bridgehead atoms. The van der Waals surface area contributed by atoms with Gasteiger partial charge in [-0.2, -0.15) is 0 Å². The number of nitrogens with one attached hydrogen (secondary N) is 1. The molecule has 0 amide bonds. The van der Waals surface area contributed by atoms with Gasteiger partial charge in [-0.25, -0.2) is 4.98 Å². The van der Waals surface area contributed by atoms with E-state index < -0.39 is 0 Å². The zero-order valence-corrected chi connectivity index (χ0v) is 13.5. The van der Waals surface area contributed by atoms with Crippen LogP contribution in [0, 0.1) is 0 Å². The summed E-state index contributed by atoms with van der Waals surface area (Å²) in [6, 6.07) is 5.92. The first kappa shape index (κ1) is 13.8. The van der Waals surface area contributed by atoms with E-state index in [0.29, 0.717) is 30.1 Å². The van der Waals surface area contributed by atoms with Crippen LogP contribution in [0.3, 0.4) is 0 Å². The number of hydrogen-bond donors (Lipinski definition) is 1. The molecule has 0 atom stereocenters. The van der Waals surface area contributed by atoms with E-state index in [9.17, 15) is 0 Å². The Balaban J connectivity index is 1.28. The number of anilines is 1. The Labute approximate surface area is 141 Å². The van der Waals surface area contributed by atoms with Crippen molar-refractivity contribution in [1.29, 1.82) is 0 Å². The van der Waals surface area contributed by atoms with Crippen molar-refractivity contribution in [3.63, 3.8) is 0 Å². The Kier molecular flexibility index (Phi) is 3.15. The number of benzene rings is 1. The highest BCUT2D eigenvalue weighted by molar-refractivity contribution is 7.09. The number of hydrogen-bond acceptors (Lipinski definition) is 8. The Hall–Kier alpha value is -2.61. The maximum atomic E-state index is 5.66. The van der Waals surface area contributed by atoms with Gasteiger partial charge in [-0.1, -0.05) is 5.10 Å². The number of nitrogens with zero attached hydrogens (tertiary/aromatic N) is 3. The third-order valence-corrected chi connectivity index (χ3v) is 5.02. The van der Waals surface area contributed by atoms with Crippen molar-refractivity contribution in [2.75, 3.05) is 12.1 Å². The number of rotatable bonds is 5. The molecule has 1 fully saturated rings. The highest BCUT2D eigenvalue weighted by Crippen LogP contribution is 2.41. The van der Waals surface area contributed by atoms with Crippen LogP contribution in [0.1, 0.15) is 29.5 Å². The minimum atomic E-state index is 0.242. The van der Waals surface area contributed by atoms with Gasteiger partial charge in [0, 0.05) is 16.9 Å². The molecular weight excluding hydrogens is 328 g/mol. The normalized spacial score (nSPS) is 15.7. The molecule has 0 radical (unpaired) electrons. The van der Waals surface area contributed by atoms with Crippen molar-refractivity contribution in [1.82, 2.24) is 15.2 Å². The lowest BCUT2D eigenvalue weighted by Crippen LogP contribution is -2.00. The monoisotopic (exact) mass is 342 g/mol. The minimum Gasteiger partial charge on any atom is -0.454 e. The van der Waals surface area contributed by atoms with E-state index in [1.807, 2.05) is 18.2 Å². The molecule has 5 rings (SSSR count). The third kappa shape index (κ3) is 2.58. The summed E-state index contributed by atoms with van der Waals surface area (Å²) < 4.78 is 16.3. The lowest BCUT2D eigenvalue weighted by atomic mass is 10.2. The van der Waals surface area contributed by atoms with Gasteiger partial charge in [0.05, 0.1) is 17.2 Å². The van der Waals surface area contributed by atoms with E-state index in [1.54, 1.807) is 11.3 Å². The molecule has 8 heteroatoms. The van der Waals surface area contributed by atoms with Gasteiger partial charge >= 0.3 is 6.01 Å². The standard InChI is InChI=1S/C16H14N4O3S/c1-2-9(1)15-18-11(7-24-15)6-17-16-20-19-14(23-16)10-3-4-12-13(5-10)22-8-21-12/h3-5,7,9H,1-2,6,8H2,(H,17,20). The predicted octanol–water partition coefficient (Wildman–Crippen LogP) is 3.41. The quantitative estimate of drug-likeness (QED) is 0.761. The van der Waals surface area contributed by atoms with E-state index in [4.69, 9.17) is 13.9 Å². The summed E-state index contributed by atoms with van der Waals surface area (Å²) in [6.07, 6.45) is 2.53. The molecule has 3 aromatic rings. The maximum absolute atomic E-state index is 5.66. The molecule has 1 aliphatic heterocycles. The minimum absolute atomic E-state index is 0.242. The molecule has 3 heterocycles. The van der Waals surface area contributed by atoms with Crippen LogP contribution in [0.25, 0.3) is 11.5 Å². The molecule has 24 heavy (non-hydrogen) atoms. The number of ether oxygens (including phenoxy) is 2. The zero-order valence-electron chi connectivity index (χ0n) is 12.7. The first-order chi connectivity index (χ1) is 11.8. The highest BCUT2D eigenvalue weighted by atomic mass is 32.1. The van der Waals surface area contributed by atoms with Gasteiger partial charge in [0.2, 0.25) is 12.7 Å². The van der Waals surface area contributed by atoms with E-state index in [0.717, 1.165) is 17.0 Å². The van der Waals surface area contributed by atoms with E-state index in [1.165, 1.54) is 17.8 Å². The van der Waals surface area contributed by atoms with E-state index in [2.05, 4.69) is 25.9 Å². The summed E-state index contributed by atoms with van der Waals surface area (Å²) in [5.41, 5.74) is 1.80. The molecule has 0 spiro atoms. The summed E-state index contributed by atoms with van der Waals surface area (Å²) in [6.45, 7) is 0.817. The van der Waals surface area contributed by atoms with Crippen molar-refractivity contribution >= 4 is 17.4 Å². The van der Waals surface area contributed by atoms with Crippen molar-refractivity contribution in [2.24, 2.45) is 0 Å². The van der Waals surface area contributed by atoms with Crippen molar-refractivity contribution in [2.45, 2.75) is 25.3 Å². The van der Waals surface area contributed by atoms with Crippen molar-refractivity contribution < 1.29 is 13.9 Å². The fraction of sp³-hybridized carbons (Fsp3) is 0.312. The second-order valence-corrected chi connectivity index (χ2v) is 6.67. The summed E-state index contributed by atoms with van der Waals surface area (Å²) in [4.78, 5) is 4.63. The summed E-state index contributed by atoms with van der Waals surface area (Å²) in [5.74, 6) is 2.54. The average molecular weight is 342 g/mol. The fourth-order valence-corrected chi connectivity index (χ4v) is 3.52. The first-order valence-electron chi connectivity index (χ1n) is 7.77. The van der Waals surface area contributed by atoms with Gasteiger partial charge in [0.1, 0.15) is 0 Å². The van der Waals surface area contributed by atoms with Crippen LogP contribution in [-0.2, 0) is 6.54 Å². The SMILES string of the molecule is c1cc2c(cc1-c1nnc(NCc3csc(C4CC4)n3)o1)OCO2. The van der Waals surface area contributed by atoms with Crippen LogP contribution in [0.2, 0.25) is 0 Å². The number of thiazole rings is 1. The van der Waals surface area contributed by atoms with Gasteiger partial charge in [-0.05, 0) is 31.0 Å². The Morgan fingerprint density at radius 2 is 2.08 bits per heavy atom. The summed E-state index contributed by atoms with van der Waals surface area (Å²) >= 11 is 1.73. The Bertz CT molecular complexity index is 887. The highest BCUT2D eigenvalue weighted by Gasteiger charge is 2.26. The second-order valence-electron chi connectivity index (χ2n) is 5.79. The van der Waals surface area contributed by atoms with Gasteiger partial charge < -0.3 is 19.2 Å². The third-order valence-electron chi connectivity index (χ3n) is 3.96. The largest absolute Gasteiger partial charge is 0.454 e. The van der Waals surface area contributed by atoms with Crippen LogP contribution < -0.4 is 14.8 Å². The Morgan fingerprint density at radius 3 is 3.00 bits per heavy atom. The molecule has 1 N–H and O–H groups in total. The van der Waals surface area contributed by atoms with Crippen molar-refractivity contribution in [3.05, 3.63) is 34.3 Å². The molecule has 122 valence electrons. The van der Waals surface area contributed by atoms with E-state index in [-0.39, 0.29) is 6.79 Å². The molecule has 2 aliphatic rings. The first-order valence-corrected chi connectivity index (χ1v) is 8.65. The van der Waals surface area contributed by atoms with E-state index >= 15 is 0 Å². The van der Waals surface area contributed by atoms with Gasteiger partial charge in [0.25, 0.3) is 0 Å². The molecule has 1 aliphatic carbocycles. The van der Waals surface area contributed by atoms with Crippen LogP contribution in [-0.4, -0.2) is 22.0 Å². The number of fused-ring (bicyclic) bond motifs is 1. The second kappa shape index (κ2) is 5.48. The fourth-order valence-electron chi connectivity index (χ4n) is 2.53. The summed E-state index contributed by atoms with van der Waals surface area (Å²) in [5, 5.41) is 14.5. The zero-order chi connectivity index (χ0) is 15.9. The summed E-state index contributed by atoms with van der Waals surface area (Å²) in [7, 11) is 0. The maximum Gasteiger partial charge on any atom is 0.316 e. The molecule has 2 aromatic heterocycles. The number of aromatic nitrogens is 3. The lowest BCUT2D eigenvalue weighted by Gasteiger charge is -1.99. The van der Waals surface area contributed by atoms with Gasteiger partial charge in [-0.3, -0.25) is 0 Å². The van der Waals surface area contributed by atoms with Crippen LogP contribution in [0.4, 0.5) is 6.01 Å². The molecule has 1 saturated carbocycles. The van der Waals surface area contributed by atoms with Crippen molar-refractivity contribution in [3.8, 4) is 23.0 Å². The molecule has 0 unspecified atom stereocenters. The molecule has 1 aromatic carbocycles. The molecular formula is C16H14N4O3S. The topological polar surface area (TPSA) is 82.3 Å². The average Bonchev–Trinajstić information content (AvgIpc) is 3.05. The Morgan fingerprint density at radius 1 is 1.17 bits per heavy atom.